The predicted molar refractivity (Wildman–Crippen MR) is 105 cm³/mol. The summed E-state index contributed by atoms with van der Waals surface area (Å²) in [4.78, 5) is 41.6. The molecule has 4 fully saturated rings. The van der Waals surface area contributed by atoms with Crippen molar-refractivity contribution in [2.24, 2.45) is 11.8 Å². The third-order valence-electron chi connectivity index (χ3n) is 7.05. The van der Waals surface area contributed by atoms with E-state index < -0.39 is 0 Å². The summed E-state index contributed by atoms with van der Waals surface area (Å²) in [5, 5.41) is 6.30. The van der Waals surface area contributed by atoms with E-state index in [1.807, 2.05) is 9.80 Å². The average Bonchev–Trinajstić information content (AvgIpc) is 3.46. The third kappa shape index (κ3) is 4.34. The molecule has 0 aromatic carbocycles. The molecular formula is C21H34N4O3. The number of hydrogen-bond acceptors (Lipinski definition) is 4. The zero-order valence-corrected chi connectivity index (χ0v) is 16.8. The Morgan fingerprint density at radius 3 is 2.61 bits per heavy atom. The van der Waals surface area contributed by atoms with E-state index in [1.54, 1.807) is 0 Å². The number of likely N-dealkylation sites (tertiary alicyclic amines) is 2. The number of hydrogen-bond donors (Lipinski definition) is 2. The largest absolute Gasteiger partial charge is 0.354 e. The van der Waals surface area contributed by atoms with Crippen LogP contribution in [-0.4, -0.2) is 72.3 Å². The number of carbonyl (C=O) groups excluding carboxylic acids is 3. The molecule has 0 spiro atoms. The van der Waals surface area contributed by atoms with E-state index in [9.17, 15) is 14.4 Å². The van der Waals surface area contributed by atoms with Crippen molar-refractivity contribution in [3.8, 4) is 0 Å². The minimum Gasteiger partial charge on any atom is -0.354 e. The van der Waals surface area contributed by atoms with Crippen LogP contribution in [0.4, 0.5) is 0 Å². The Morgan fingerprint density at radius 2 is 1.86 bits per heavy atom. The van der Waals surface area contributed by atoms with Gasteiger partial charge >= 0.3 is 0 Å². The average molecular weight is 391 g/mol. The monoisotopic (exact) mass is 390 g/mol. The van der Waals surface area contributed by atoms with Crippen molar-refractivity contribution in [3.05, 3.63) is 0 Å². The molecule has 7 heteroatoms. The first kappa shape index (κ1) is 19.7. The van der Waals surface area contributed by atoms with Gasteiger partial charge in [0.05, 0.1) is 12.0 Å². The van der Waals surface area contributed by atoms with E-state index in [-0.39, 0.29) is 29.7 Å². The molecule has 0 bridgehead atoms. The van der Waals surface area contributed by atoms with Gasteiger partial charge in [0.15, 0.2) is 0 Å². The van der Waals surface area contributed by atoms with Crippen LogP contribution in [0, 0.1) is 11.8 Å². The minimum absolute atomic E-state index is 0.0487. The van der Waals surface area contributed by atoms with Crippen molar-refractivity contribution in [1.29, 1.82) is 0 Å². The van der Waals surface area contributed by atoms with Crippen LogP contribution >= 0.6 is 0 Å². The van der Waals surface area contributed by atoms with Crippen LogP contribution in [0.25, 0.3) is 0 Å². The molecule has 3 saturated heterocycles. The Hall–Kier alpha value is -1.63. The maximum Gasteiger partial charge on any atom is 0.237 e. The Balaban J connectivity index is 1.26. The normalized spacial score (nSPS) is 31.6. The summed E-state index contributed by atoms with van der Waals surface area (Å²) in [5.74, 6) is 0.530. The van der Waals surface area contributed by atoms with Crippen molar-refractivity contribution in [3.63, 3.8) is 0 Å². The van der Waals surface area contributed by atoms with Crippen LogP contribution < -0.4 is 10.6 Å². The fraction of sp³-hybridized carbons (Fsp3) is 0.857. The molecule has 28 heavy (non-hydrogen) atoms. The summed E-state index contributed by atoms with van der Waals surface area (Å²) < 4.78 is 0. The van der Waals surface area contributed by atoms with E-state index in [0.717, 1.165) is 51.6 Å². The van der Waals surface area contributed by atoms with E-state index in [1.165, 1.54) is 12.8 Å². The van der Waals surface area contributed by atoms with Crippen LogP contribution in [0.5, 0.6) is 0 Å². The SMILES string of the molecule is O=C(NCC1CCCN(C(=O)C2CC(=O)N(C3CCCC3)C2)C1)C1CCCN1. The Bertz CT molecular complexity index is 598. The molecular weight excluding hydrogens is 356 g/mol. The highest BCUT2D eigenvalue weighted by atomic mass is 16.2. The molecule has 3 unspecified atom stereocenters. The third-order valence-corrected chi connectivity index (χ3v) is 7.05. The van der Waals surface area contributed by atoms with Crippen molar-refractivity contribution < 1.29 is 14.4 Å². The fourth-order valence-corrected chi connectivity index (χ4v) is 5.43. The highest BCUT2D eigenvalue weighted by molar-refractivity contribution is 5.89. The molecule has 3 atom stereocenters. The summed E-state index contributed by atoms with van der Waals surface area (Å²) >= 11 is 0. The van der Waals surface area contributed by atoms with E-state index in [0.29, 0.717) is 38.0 Å². The van der Waals surface area contributed by atoms with Crippen molar-refractivity contribution >= 4 is 17.7 Å². The topological polar surface area (TPSA) is 81.8 Å². The molecule has 4 rings (SSSR count). The molecule has 0 aromatic heterocycles. The second-order valence-corrected chi connectivity index (χ2v) is 9.07. The lowest BCUT2D eigenvalue weighted by atomic mass is 9.96. The van der Waals surface area contributed by atoms with Crippen LogP contribution in [0.15, 0.2) is 0 Å². The molecule has 7 nitrogen and oxygen atoms in total. The van der Waals surface area contributed by atoms with Gasteiger partial charge in [0.2, 0.25) is 17.7 Å². The van der Waals surface area contributed by atoms with Crippen molar-refractivity contribution in [2.45, 2.75) is 69.9 Å². The van der Waals surface area contributed by atoms with Gasteiger partial charge in [-0.25, -0.2) is 0 Å². The van der Waals surface area contributed by atoms with Gasteiger partial charge < -0.3 is 20.4 Å². The van der Waals surface area contributed by atoms with Gasteiger partial charge in [-0.3, -0.25) is 14.4 Å². The summed E-state index contributed by atoms with van der Waals surface area (Å²) in [6, 6.07) is 0.311. The van der Waals surface area contributed by atoms with Gasteiger partial charge in [-0.2, -0.15) is 0 Å². The zero-order chi connectivity index (χ0) is 19.5. The van der Waals surface area contributed by atoms with E-state index in [2.05, 4.69) is 10.6 Å². The Kier molecular flexibility index (Phi) is 6.19. The minimum atomic E-state index is -0.177. The molecule has 1 aliphatic carbocycles. The molecule has 3 amide bonds. The second-order valence-electron chi connectivity index (χ2n) is 9.07. The standard InChI is InChI=1S/C21H34N4O3/c26-19-11-16(14-25(19)17-6-1-2-7-17)21(28)24-10-4-5-15(13-24)12-23-20(27)18-8-3-9-22-18/h15-18,22H,1-14H2,(H,23,27). The summed E-state index contributed by atoms with van der Waals surface area (Å²) in [6.07, 6.45) is 8.94. The molecule has 0 aromatic rings. The quantitative estimate of drug-likeness (QED) is 0.730. The summed E-state index contributed by atoms with van der Waals surface area (Å²) in [7, 11) is 0. The highest BCUT2D eigenvalue weighted by Gasteiger charge is 2.40. The van der Waals surface area contributed by atoms with Crippen molar-refractivity contribution in [1.82, 2.24) is 20.4 Å². The fourth-order valence-electron chi connectivity index (χ4n) is 5.43. The summed E-state index contributed by atoms with van der Waals surface area (Å²) in [5.41, 5.74) is 0. The molecule has 3 heterocycles. The second kappa shape index (κ2) is 8.80. The number of amides is 3. The number of piperidine rings is 1. The Morgan fingerprint density at radius 1 is 1.04 bits per heavy atom. The zero-order valence-electron chi connectivity index (χ0n) is 16.8. The van der Waals surface area contributed by atoms with Gasteiger partial charge in [-0.05, 0) is 51.0 Å². The first-order valence-electron chi connectivity index (χ1n) is 11.2. The predicted octanol–water partition coefficient (Wildman–Crippen LogP) is 0.884. The molecule has 1 saturated carbocycles. The van der Waals surface area contributed by atoms with Crippen LogP contribution in [-0.2, 0) is 14.4 Å². The molecule has 3 aliphatic heterocycles. The van der Waals surface area contributed by atoms with Gasteiger partial charge in [-0.15, -0.1) is 0 Å². The van der Waals surface area contributed by atoms with Crippen LogP contribution in [0.1, 0.15) is 57.8 Å². The lowest BCUT2D eigenvalue weighted by molar-refractivity contribution is -0.137. The number of nitrogens with one attached hydrogen (secondary N) is 2. The number of carbonyl (C=O) groups is 3. The maximum atomic E-state index is 13.0. The first-order chi connectivity index (χ1) is 13.6. The molecule has 156 valence electrons. The van der Waals surface area contributed by atoms with E-state index in [4.69, 9.17) is 0 Å². The van der Waals surface area contributed by atoms with Gasteiger partial charge in [0, 0.05) is 38.6 Å². The summed E-state index contributed by atoms with van der Waals surface area (Å²) in [6.45, 7) is 3.64. The lowest BCUT2D eigenvalue weighted by Gasteiger charge is -2.34. The lowest BCUT2D eigenvalue weighted by Crippen LogP contribution is -2.48. The highest BCUT2D eigenvalue weighted by Crippen LogP contribution is 2.31. The number of nitrogens with zero attached hydrogens (tertiary/aromatic N) is 2. The number of rotatable bonds is 5. The molecule has 0 radical (unpaired) electrons. The smallest absolute Gasteiger partial charge is 0.237 e. The maximum absolute atomic E-state index is 13.0. The van der Waals surface area contributed by atoms with Gasteiger partial charge in [-0.1, -0.05) is 12.8 Å². The van der Waals surface area contributed by atoms with Gasteiger partial charge in [0.1, 0.15) is 0 Å². The van der Waals surface area contributed by atoms with Crippen LogP contribution in [0.2, 0.25) is 0 Å². The Labute approximate surface area is 167 Å². The molecule has 2 N–H and O–H groups in total. The van der Waals surface area contributed by atoms with Crippen LogP contribution in [0.3, 0.4) is 0 Å². The van der Waals surface area contributed by atoms with Gasteiger partial charge in [0.25, 0.3) is 0 Å². The van der Waals surface area contributed by atoms with Crippen molar-refractivity contribution in [2.75, 3.05) is 32.7 Å². The first-order valence-corrected chi connectivity index (χ1v) is 11.2. The van der Waals surface area contributed by atoms with E-state index >= 15 is 0 Å². The molecule has 4 aliphatic rings.